The predicted octanol–water partition coefficient (Wildman–Crippen LogP) is 0.805. The summed E-state index contributed by atoms with van der Waals surface area (Å²) in [5.41, 5.74) is 1.15. The second kappa shape index (κ2) is 5.02. The van der Waals surface area contributed by atoms with Crippen molar-refractivity contribution in [3.05, 3.63) is 18.5 Å². The van der Waals surface area contributed by atoms with Gasteiger partial charge in [0.05, 0.1) is 18.4 Å². The first kappa shape index (κ1) is 9.55. The fourth-order valence-electron chi connectivity index (χ4n) is 1.62. The highest BCUT2D eigenvalue weighted by Crippen LogP contribution is 2.05. The second-order valence-corrected chi connectivity index (χ2v) is 3.51. The molecular formula is C10H17N3O. The van der Waals surface area contributed by atoms with Crippen LogP contribution in [0.25, 0.3) is 0 Å². The number of H-pyrrole nitrogens is 1. The highest BCUT2D eigenvalue weighted by Gasteiger charge is 2.12. The van der Waals surface area contributed by atoms with Crippen molar-refractivity contribution in [2.75, 3.05) is 31.6 Å². The maximum absolute atomic E-state index is 5.59. The number of rotatable bonds is 4. The Morgan fingerprint density at radius 2 is 2.57 bits per heavy atom. The molecule has 14 heavy (non-hydrogen) atoms. The Bertz CT molecular complexity index is 242. The molecule has 1 atom stereocenters. The first-order chi connectivity index (χ1) is 6.95. The third kappa shape index (κ3) is 2.75. The van der Waals surface area contributed by atoms with Gasteiger partial charge in [-0.3, -0.25) is 0 Å². The van der Waals surface area contributed by atoms with E-state index in [1.54, 1.807) is 0 Å². The standard InChI is InChI=1S/C10H17N3O/c1-3-11-7-9(1)13-4-2-10-8-12-5-6-14-10/h1,3,7,10-13H,2,4-6,8H2. The lowest BCUT2D eigenvalue weighted by molar-refractivity contribution is 0.0258. The van der Waals surface area contributed by atoms with Gasteiger partial charge in [-0.15, -0.1) is 0 Å². The van der Waals surface area contributed by atoms with Crippen LogP contribution in [-0.4, -0.2) is 37.3 Å². The van der Waals surface area contributed by atoms with Crippen molar-refractivity contribution in [3.63, 3.8) is 0 Å². The van der Waals surface area contributed by atoms with Crippen molar-refractivity contribution >= 4 is 5.69 Å². The fraction of sp³-hybridized carbons (Fsp3) is 0.600. The molecule has 0 saturated carbocycles. The first-order valence-electron chi connectivity index (χ1n) is 5.14. The first-order valence-corrected chi connectivity index (χ1v) is 5.14. The Hall–Kier alpha value is -1.00. The number of nitrogens with one attached hydrogen (secondary N) is 3. The van der Waals surface area contributed by atoms with E-state index in [2.05, 4.69) is 15.6 Å². The minimum absolute atomic E-state index is 0.371. The molecule has 4 heteroatoms. The average molecular weight is 195 g/mol. The number of aromatic amines is 1. The molecule has 2 rings (SSSR count). The summed E-state index contributed by atoms with van der Waals surface area (Å²) < 4.78 is 5.59. The SMILES string of the molecule is c1cc(NCCC2CNCCO2)c[nH]1. The molecule has 0 bridgehead atoms. The topological polar surface area (TPSA) is 49.1 Å². The van der Waals surface area contributed by atoms with Crippen molar-refractivity contribution in [1.82, 2.24) is 10.3 Å². The Kier molecular flexibility index (Phi) is 3.43. The monoisotopic (exact) mass is 195 g/mol. The van der Waals surface area contributed by atoms with Crippen LogP contribution < -0.4 is 10.6 Å². The van der Waals surface area contributed by atoms with E-state index >= 15 is 0 Å². The molecular weight excluding hydrogens is 178 g/mol. The molecule has 1 unspecified atom stereocenters. The molecule has 0 amide bonds. The van der Waals surface area contributed by atoms with Crippen LogP contribution in [0.1, 0.15) is 6.42 Å². The molecule has 78 valence electrons. The van der Waals surface area contributed by atoms with Gasteiger partial charge in [-0.05, 0) is 12.5 Å². The Morgan fingerprint density at radius 3 is 3.29 bits per heavy atom. The van der Waals surface area contributed by atoms with Crippen LogP contribution in [0.15, 0.2) is 18.5 Å². The van der Waals surface area contributed by atoms with Crippen LogP contribution >= 0.6 is 0 Å². The van der Waals surface area contributed by atoms with E-state index in [1.807, 2.05) is 18.5 Å². The quantitative estimate of drug-likeness (QED) is 0.666. The molecule has 1 saturated heterocycles. The fourth-order valence-corrected chi connectivity index (χ4v) is 1.62. The molecule has 0 aliphatic carbocycles. The summed E-state index contributed by atoms with van der Waals surface area (Å²) >= 11 is 0. The predicted molar refractivity (Wildman–Crippen MR) is 56.5 cm³/mol. The summed E-state index contributed by atoms with van der Waals surface area (Å²) in [6, 6.07) is 2.03. The molecule has 0 spiro atoms. The number of hydrogen-bond donors (Lipinski definition) is 3. The summed E-state index contributed by atoms with van der Waals surface area (Å²) in [6.45, 7) is 3.77. The molecule has 1 fully saturated rings. The van der Waals surface area contributed by atoms with Crippen LogP contribution in [0.3, 0.4) is 0 Å². The minimum Gasteiger partial charge on any atom is -0.384 e. The Labute approximate surface area is 84.0 Å². The highest BCUT2D eigenvalue weighted by atomic mass is 16.5. The van der Waals surface area contributed by atoms with Crippen molar-refractivity contribution in [1.29, 1.82) is 0 Å². The lowest BCUT2D eigenvalue weighted by atomic mass is 10.2. The smallest absolute Gasteiger partial charge is 0.0716 e. The molecule has 0 aromatic carbocycles. The number of ether oxygens (including phenoxy) is 1. The van der Waals surface area contributed by atoms with Gasteiger partial charge in [-0.25, -0.2) is 0 Å². The van der Waals surface area contributed by atoms with Crippen molar-refractivity contribution in [3.8, 4) is 0 Å². The largest absolute Gasteiger partial charge is 0.384 e. The molecule has 4 nitrogen and oxygen atoms in total. The zero-order chi connectivity index (χ0) is 9.64. The van der Waals surface area contributed by atoms with Gasteiger partial charge in [0.1, 0.15) is 0 Å². The molecule has 1 aromatic rings. The van der Waals surface area contributed by atoms with Crippen molar-refractivity contribution in [2.24, 2.45) is 0 Å². The van der Waals surface area contributed by atoms with E-state index in [0.717, 1.165) is 38.3 Å². The molecule has 2 heterocycles. The van der Waals surface area contributed by atoms with Gasteiger partial charge in [-0.1, -0.05) is 0 Å². The van der Waals surface area contributed by atoms with Crippen LogP contribution in [0, 0.1) is 0 Å². The van der Waals surface area contributed by atoms with Gasteiger partial charge >= 0.3 is 0 Å². The summed E-state index contributed by atoms with van der Waals surface area (Å²) in [5, 5.41) is 6.65. The Morgan fingerprint density at radius 1 is 1.57 bits per heavy atom. The van der Waals surface area contributed by atoms with Gasteiger partial charge in [0.15, 0.2) is 0 Å². The van der Waals surface area contributed by atoms with Gasteiger partial charge in [0, 0.05) is 32.0 Å². The Balaban J connectivity index is 1.62. The number of aromatic nitrogens is 1. The molecule has 0 radical (unpaired) electrons. The van der Waals surface area contributed by atoms with E-state index in [0.29, 0.717) is 6.10 Å². The number of morpholine rings is 1. The normalized spacial score (nSPS) is 22.1. The lowest BCUT2D eigenvalue weighted by Gasteiger charge is -2.23. The van der Waals surface area contributed by atoms with Gasteiger partial charge < -0.3 is 20.4 Å². The van der Waals surface area contributed by atoms with Crippen LogP contribution in [0.4, 0.5) is 5.69 Å². The van der Waals surface area contributed by atoms with E-state index in [-0.39, 0.29) is 0 Å². The summed E-state index contributed by atoms with van der Waals surface area (Å²) in [7, 11) is 0. The highest BCUT2D eigenvalue weighted by molar-refractivity contribution is 5.39. The molecule has 3 N–H and O–H groups in total. The maximum Gasteiger partial charge on any atom is 0.0716 e. The average Bonchev–Trinajstić information content (AvgIpc) is 2.72. The molecule has 1 aliphatic rings. The molecule has 1 aromatic heterocycles. The van der Waals surface area contributed by atoms with E-state index in [1.165, 1.54) is 0 Å². The van der Waals surface area contributed by atoms with Gasteiger partial charge in [-0.2, -0.15) is 0 Å². The van der Waals surface area contributed by atoms with E-state index in [9.17, 15) is 0 Å². The van der Waals surface area contributed by atoms with E-state index in [4.69, 9.17) is 4.74 Å². The third-order valence-corrected chi connectivity index (χ3v) is 2.40. The zero-order valence-electron chi connectivity index (χ0n) is 8.25. The number of hydrogen-bond acceptors (Lipinski definition) is 3. The van der Waals surface area contributed by atoms with Gasteiger partial charge in [0.2, 0.25) is 0 Å². The second-order valence-electron chi connectivity index (χ2n) is 3.51. The van der Waals surface area contributed by atoms with Gasteiger partial charge in [0.25, 0.3) is 0 Å². The van der Waals surface area contributed by atoms with Crippen molar-refractivity contribution in [2.45, 2.75) is 12.5 Å². The summed E-state index contributed by atoms with van der Waals surface area (Å²) in [4.78, 5) is 3.01. The molecule has 1 aliphatic heterocycles. The number of anilines is 1. The van der Waals surface area contributed by atoms with E-state index < -0.39 is 0 Å². The lowest BCUT2D eigenvalue weighted by Crippen LogP contribution is -2.39. The third-order valence-electron chi connectivity index (χ3n) is 2.40. The van der Waals surface area contributed by atoms with Crippen LogP contribution in [0.5, 0.6) is 0 Å². The minimum atomic E-state index is 0.371. The van der Waals surface area contributed by atoms with Crippen LogP contribution in [0.2, 0.25) is 0 Å². The zero-order valence-corrected chi connectivity index (χ0v) is 8.25. The van der Waals surface area contributed by atoms with Crippen molar-refractivity contribution < 1.29 is 4.74 Å². The maximum atomic E-state index is 5.59. The summed E-state index contributed by atoms with van der Waals surface area (Å²) in [5.74, 6) is 0. The summed E-state index contributed by atoms with van der Waals surface area (Å²) in [6.07, 6.45) is 5.30. The van der Waals surface area contributed by atoms with Crippen LogP contribution in [-0.2, 0) is 4.74 Å².